The summed E-state index contributed by atoms with van der Waals surface area (Å²) in [4.78, 5) is 10.3. The first-order valence-electron chi connectivity index (χ1n) is 7.57. The molecule has 0 saturated carbocycles. The first-order chi connectivity index (χ1) is 21.1. The molecule has 0 aliphatic heterocycles. The van der Waals surface area contributed by atoms with Gasteiger partial charge in [0, 0.05) is 89.5 Å². The Labute approximate surface area is 339 Å². The van der Waals surface area contributed by atoms with Crippen LogP contribution in [0.1, 0.15) is 0 Å². The molecule has 0 aromatic heterocycles. The molecule has 328 valence electrons. The molecule has 0 unspecified atom stereocenters. The molecule has 0 aromatic carbocycles. The second-order valence-electron chi connectivity index (χ2n) is 4.85. The minimum Gasteiger partial charge on any atom is -0.285 e. The van der Waals surface area contributed by atoms with Gasteiger partial charge in [0.15, 0.2) is 0 Å². The summed E-state index contributed by atoms with van der Waals surface area (Å²) in [6.45, 7) is 0. The Hall–Kier alpha value is 2.51. The molecule has 0 spiro atoms. The maximum Gasteiger partial charge on any atom is 0.327 e. The summed E-state index contributed by atoms with van der Waals surface area (Å²) < 4.78 is 246. The Morgan fingerprint density at radius 3 is 0.365 bits per heavy atom. The predicted octanol–water partition coefficient (Wildman–Crippen LogP) is -2.39. The van der Waals surface area contributed by atoms with Crippen LogP contribution in [0.2, 0.25) is 0 Å². The van der Waals surface area contributed by atoms with Crippen LogP contribution in [0.3, 0.4) is 0 Å². The molecule has 0 rings (SSSR count). The lowest BCUT2D eigenvalue weighted by molar-refractivity contribution is 0.277. The van der Waals surface area contributed by atoms with Gasteiger partial charge in [0.1, 0.15) is 0 Å². The van der Waals surface area contributed by atoms with Gasteiger partial charge in [-0.3, -0.25) is 86.7 Å². The van der Waals surface area contributed by atoms with E-state index in [1.807, 2.05) is 0 Å². The molecule has 0 saturated heterocycles. The molecular formula is CH18O31S20. The lowest BCUT2D eigenvalue weighted by Gasteiger charge is -1.92. The first kappa shape index (κ1) is 75.4. The Morgan fingerprint density at radius 1 is 0.269 bits per heavy atom. The van der Waals surface area contributed by atoms with Gasteiger partial charge in [-0.05, 0) is 0 Å². The van der Waals surface area contributed by atoms with Gasteiger partial charge in [-0.1, -0.05) is 0 Å². The number of carbonyl (C=O) groups is 1. The van der Waals surface area contributed by atoms with Gasteiger partial charge in [0.25, 0.3) is 76.9 Å². The fraction of sp³-hybridized carbons (Fsp3) is 0. The van der Waals surface area contributed by atoms with Crippen molar-refractivity contribution in [3.8, 4) is 0 Å². The molecule has 0 amide bonds. The number of hydrogen-bond donors (Lipinski definition) is 18. The van der Waals surface area contributed by atoms with Gasteiger partial charge >= 0.3 is 18.3 Å². The Balaban J connectivity index is -0.0000000587. The largest absolute Gasteiger partial charge is 0.327 e. The highest BCUT2D eigenvalue weighted by molar-refractivity contribution is 8.90. The van der Waals surface area contributed by atoms with Crippen LogP contribution in [0.25, 0.3) is 0 Å². The lowest BCUT2D eigenvalue weighted by Crippen LogP contribution is -1.98. The quantitative estimate of drug-likeness (QED) is 0.101. The highest BCUT2D eigenvalue weighted by atomic mass is 33.2. The van der Waals surface area contributed by atoms with Crippen molar-refractivity contribution in [2.75, 3.05) is 0 Å². The smallest absolute Gasteiger partial charge is 0.285 e. The minimum absolute atomic E-state index is 0.604. The van der Waals surface area contributed by atoms with Gasteiger partial charge in [0.05, 0.1) is 21.6 Å². The fourth-order valence-electron chi connectivity index (χ4n) is 0.186. The van der Waals surface area contributed by atoms with E-state index in [1.54, 1.807) is 0 Å². The Bertz CT molecular complexity index is 1640. The molecule has 18 N–H and O–H groups in total. The van der Waals surface area contributed by atoms with E-state index in [0.29, 0.717) is 0 Å². The molecule has 0 aliphatic rings. The Morgan fingerprint density at radius 2 is 0.327 bits per heavy atom. The van der Waals surface area contributed by atoms with Gasteiger partial charge in [-0.15, -0.1) is 0 Å². The maximum atomic E-state index is 10.3. The molecule has 0 aromatic rings. The molecule has 0 fully saturated rings. The van der Waals surface area contributed by atoms with Crippen LogP contribution >= 0.6 is 21.6 Å². The van der Waals surface area contributed by atoms with Crippen molar-refractivity contribution in [3.63, 3.8) is 0 Å². The van der Waals surface area contributed by atoms with Crippen molar-refractivity contribution >= 4 is 206 Å². The van der Waals surface area contributed by atoms with E-state index in [0.717, 1.165) is 0 Å². The highest BCUT2D eigenvalue weighted by Gasteiger charge is 2.21. The summed E-state index contributed by atoms with van der Waals surface area (Å²) in [7, 11) is -41.1. The summed E-state index contributed by atoms with van der Waals surface area (Å²) in [5, 5.41) is 0. The van der Waals surface area contributed by atoms with Gasteiger partial charge in [-0.2, -0.15) is 50.5 Å². The van der Waals surface area contributed by atoms with E-state index < -0.39 is 117 Å². The molecule has 51 heteroatoms. The van der Waals surface area contributed by atoms with Crippen LogP contribution in [-0.2, 0) is 180 Å². The second-order valence-corrected chi connectivity index (χ2v) is 29.0. The normalized spacial score (nSPS) is 11.9. The highest BCUT2D eigenvalue weighted by Crippen LogP contribution is 2.24. The predicted molar refractivity (Wildman–Crippen MR) is 210 cm³/mol. The average Bonchev–Trinajstić information content (AvgIpc) is 2.44. The number of carbonyl (C=O) groups excluding carboxylic acids is 1. The minimum atomic E-state index is -4.62. The SMILES string of the molecule is O=C(SS(=O)(=O)O)SS(=O)(=O)O.O=S(O)(O)=S.O=S(O)(O)=S.O=S(O)(O)=S.O=S(O)(O)=S.O=S(O)(O)=S.O=S(O)(O)=S.O=S(O)(O)=S.O=S(O)(O)=S. The maximum absolute atomic E-state index is 10.3. The van der Waals surface area contributed by atoms with Gasteiger partial charge in [0.2, 0.25) is 0 Å². The van der Waals surface area contributed by atoms with Crippen LogP contribution in [-0.4, -0.2) is 137 Å². The molecule has 0 aliphatic carbocycles. The van der Waals surface area contributed by atoms with Crippen molar-refractivity contribution < 1.29 is 137 Å². The summed E-state index contributed by atoms with van der Waals surface area (Å²) in [5.74, 6) is 0. The van der Waals surface area contributed by atoms with Gasteiger partial charge in [-0.25, -0.2) is 0 Å². The third-order valence-corrected chi connectivity index (χ3v) is 4.35. The summed E-state index contributed by atoms with van der Waals surface area (Å²) >= 11 is 27.7. The second kappa shape index (κ2) is 32.4. The van der Waals surface area contributed by atoms with Crippen LogP contribution in [0.4, 0.5) is 4.79 Å². The first-order valence-corrected chi connectivity index (χ1v) is 32.3. The third kappa shape index (κ3) is 890. The monoisotopic (exact) mass is 1170 g/mol. The zero-order valence-corrected chi connectivity index (χ0v) is 38.4. The van der Waals surface area contributed by atoms with Crippen molar-refractivity contribution in [2.24, 2.45) is 0 Å². The number of rotatable bonds is 2. The van der Waals surface area contributed by atoms with E-state index >= 15 is 0 Å². The molecular weight excluding hydrogens is 1150 g/mol. The van der Waals surface area contributed by atoms with E-state index in [9.17, 15) is 21.6 Å². The fourth-order valence-corrected chi connectivity index (χ4v) is 4.22. The van der Waals surface area contributed by atoms with E-state index in [2.05, 4.69) is 89.5 Å². The molecule has 0 atom stereocenters. The summed E-state index contributed by atoms with van der Waals surface area (Å²) in [6.07, 6.45) is 0. The molecule has 31 nitrogen and oxygen atoms in total. The Kier molecular flexibility index (Phi) is 46.9. The average molecular weight is 1170 g/mol. The molecule has 0 bridgehead atoms. The lowest BCUT2D eigenvalue weighted by atomic mass is 11.8. The summed E-state index contributed by atoms with van der Waals surface area (Å²) in [6, 6.07) is 0. The summed E-state index contributed by atoms with van der Waals surface area (Å²) in [5.41, 5.74) is 0. The van der Waals surface area contributed by atoms with E-state index in [-0.39, 0.29) is 0 Å². The zero-order chi connectivity index (χ0) is 46.0. The van der Waals surface area contributed by atoms with Crippen molar-refractivity contribution in [2.45, 2.75) is 0 Å². The number of hydrogen-bond acceptors (Lipinski definition) is 23. The van der Waals surface area contributed by atoms with Crippen molar-refractivity contribution in [3.05, 3.63) is 0 Å². The topological polar surface area (TPSA) is 586 Å². The molecule has 52 heavy (non-hydrogen) atoms. The van der Waals surface area contributed by atoms with Crippen molar-refractivity contribution in [1.82, 2.24) is 0 Å². The molecule has 0 heterocycles. The third-order valence-electron chi connectivity index (χ3n) is 0.347. The van der Waals surface area contributed by atoms with Crippen LogP contribution in [0, 0.1) is 0 Å². The van der Waals surface area contributed by atoms with Crippen LogP contribution in [0.15, 0.2) is 0 Å². The standard InChI is InChI=1S/CH2O7S4.8H2O3S2/c2-1(9-11(3,4)5)10-12(6,7)8;8*1-5(2,3)4/h(H,3,4,5)(H,6,7,8);8*(H2,1,2,3,4). The zero-order valence-electron chi connectivity index (χ0n) is 22.0. The van der Waals surface area contributed by atoms with Crippen LogP contribution in [0.5, 0.6) is 0 Å². The molecule has 0 radical (unpaired) electrons. The van der Waals surface area contributed by atoms with E-state index in [4.69, 9.17) is 116 Å². The van der Waals surface area contributed by atoms with Crippen LogP contribution < -0.4 is 0 Å². The van der Waals surface area contributed by atoms with Crippen molar-refractivity contribution in [1.29, 1.82) is 0 Å². The van der Waals surface area contributed by atoms with Gasteiger partial charge < -0.3 is 0 Å². The van der Waals surface area contributed by atoms with E-state index in [1.165, 1.54) is 0 Å².